The van der Waals surface area contributed by atoms with Crippen LogP contribution in [0.1, 0.15) is 5.56 Å². The molecule has 0 saturated carbocycles. The van der Waals surface area contributed by atoms with Crippen LogP contribution < -0.4 is 0 Å². The fourth-order valence-electron chi connectivity index (χ4n) is 1.82. The second kappa shape index (κ2) is 4.17. The van der Waals surface area contributed by atoms with Gasteiger partial charge >= 0.3 is 0 Å². The number of hydrogen-bond donors (Lipinski definition) is 1. The number of halogens is 1. The maximum atomic E-state index is 8.76. The zero-order chi connectivity index (χ0) is 12.5. The highest BCUT2D eigenvalue weighted by molar-refractivity contribution is 6.31. The van der Waals surface area contributed by atoms with Gasteiger partial charge in [0.1, 0.15) is 5.82 Å². The lowest BCUT2D eigenvalue weighted by molar-refractivity contribution is 1.33. The molecule has 2 aromatic carbocycles. The van der Waals surface area contributed by atoms with Crippen LogP contribution in [0.3, 0.4) is 0 Å². The van der Waals surface area contributed by atoms with E-state index >= 15 is 0 Å². The van der Waals surface area contributed by atoms with Gasteiger partial charge in [0.25, 0.3) is 0 Å². The van der Waals surface area contributed by atoms with Crippen LogP contribution in [0, 0.1) is 11.3 Å². The molecule has 0 unspecified atom stereocenters. The minimum absolute atomic E-state index is 0.637. The molecular weight excluding hydrogens is 246 g/mol. The van der Waals surface area contributed by atoms with Crippen LogP contribution in [0.15, 0.2) is 42.5 Å². The highest BCUT2D eigenvalue weighted by Gasteiger charge is 2.05. The van der Waals surface area contributed by atoms with Crippen molar-refractivity contribution in [3.63, 3.8) is 0 Å². The summed E-state index contributed by atoms with van der Waals surface area (Å²) in [5.74, 6) is 0.775. The summed E-state index contributed by atoms with van der Waals surface area (Å²) in [5.41, 5.74) is 3.36. The van der Waals surface area contributed by atoms with Crippen molar-refractivity contribution in [3.05, 3.63) is 53.1 Å². The normalized spacial score (nSPS) is 10.4. The quantitative estimate of drug-likeness (QED) is 0.718. The number of aromatic nitrogens is 2. The van der Waals surface area contributed by atoms with Gasteiger partial charge in [-0.05, 0) is 42.5 Å². The van der Waals surface area contributed by atoms with E-state index in [0.29, 0.717) is 10.6 Å². The van der Waals surface area contributed by atoms with Crippen LogP contribution in [0.4, 0.5) is 0 Å². The van der Waals surface area contributed by atoms with Gasteiger partial charge in [0.2, 0.25) is 0 Å². The van der Waals surface area contributed by atoms with E-state index in [1.165, 1.54) is 0 Å². The average molecular weight is 254 g/mol. The molecule has 0 aliphatic rings. The Hall–Kier alpha value is -2.31. The molecule has 4 heteroatoms. The molecule has 0 aliphatic heterocycles. The number of hydrogen-bond acceptors (Lipinski definition) is 2. The monoisotopic (exact) mass is 253 g/mol. The number of fused-ring (bicyclic) bond motifs is 1. The summed E-state index contributed by atoms with van der Waals surface area (Å²) >= 11 is 5.92. The summed E-state index contributed by atoms with van der Waals surface area (Å²) in [7, 11) is 0. The average Bonchev–Trinajstić information content (AvgIpc) is 2.81. The fraction of sp³-hybridized carbons (Fsp3) is 0. The molecule has 86 valence electrons. The summed E-state index contributed by atoms with van der Waals surface area (Å²) in [5, 5.41) is 9.42. The first-order valence-electron chi connectivity index (χ1n) is 5.42. The Labute approximate surface area is 109 Å². The van der Waals surface area contributed by atoms with Gasteiger partial charge in [-0.15, -0.1) is 0 Å². The van der Waals surface area contributed by atoms with Crippen LogP contribution in [0.2, 0.25) is 5.02 Å². The first-order chi connectivity index (χ1) is 8.76. The molecule has 3 rings (SSSR count). The Bertz CT molecular complexity index is 751. The van der Waals surface area contributed by atoms with E-state index in [9.17, 15) is 0 Å². The maximum Gasteiger partial charge on any atom is 0.138 e. The minimum atomic E-state index is 0.637. The van der Waals surface area contributed by atoms with Crippen LogP contribution >= 0.6 is 11.6 Å². The smallest absolute Gasteiger partial charge is 0.138 e. The van der Waals surface area contributed by atoms with Gasteiger partial charge < -0.3 is 4.98 Å². The van der Waals surface area contributed by atoms with E-state index in [1.807, 2.05) is 30.3 Å². The molecule has 1 N–H and O–H groups in total. The van der Waals surface area contributed by atoms with Crippen LogP contribution in [-0.4, -0.2) is 9.97 Å². The SMILES string of the molecule is N#Cc1ccc(-c2nc3cc(Cl)ccc3[nH]2)cc1. The Kier molecular flexibility index (Phi) is 2.51. The number of imidazole rings is 1. The molecule has 0 radical (unpaired) electrons. The van der Waals surface area contributed by atoms with Gasteiger partial charge in [-0.2, -0.15) is 5.26 Å². The molecule has 0 fully saturated rings. The number of nitriles is 1. The minimum Gasteiger partial charge on any atom is -0.338 e. The van der Waals surface area contributed by atoms with Crippen LogP contribution in [0.25, 0.3) is 22.4 Å². The number of rotatable bonds is 1. The molecule has 0 spiro atoms. The Morgan fingerprint density at radius 1 is 1.11 bits per heavy atom. The lowest BCUT2D eigenvalue weighted by atomic mass is 10.1. The molecule has 0 atom stereocenters. The lowest BCUT2D eigenvalue weighted by Crippen LogP contribution is -1.80. The molecule has 0 aliphatic carbocycles. The molecule has 1 heterocycles. The predicted molar refractivity (Wildman–Crippen MR) is 71.3 cm³/mol. The van der Waals surface area contributed by atoms with E-state index in [4.69, 9.17) is 16.9 Å². The van der Waals surface area contributed by atoms with Gasteiger partial charge in [-0.1, -0.05) is 11.6 Å². The number of aromatic amines is 1. The zero-order valence-corrected chi connectivity index (χ0v) is 10.1. The summed E-state index contributed by atoms with van der Waals surface area (Å²) < 4.78 is 0. The molecule has 18 heavy (non-hydrogen) atoms. The van der Waals surface area contributed by atoms with Crippen molar-refractivity contribution in [1.29, 1.82) is 5.26 Å². The van der Waals surface area contributed by atoms with Gasteiger partial charge in [0.05, 0.1) is 22.7 Å². The molecule has 3 aromatic rings. The summed E-state index contributed by atoms with van der Waals surface area (Å²) in [6, 6.07) is 14.9. The highest BCUT2D eigenvalue weighted by atomic mass is 35.5. The van der Waals surface area contributed by atoms with Crippen molar-refractivity contribution in [2.75, 3.05) is 0 Å². The third-order valence-corrected chi connectivity index (χ3v) is 2.97. The Balaban J connectivity index is 2.10. The van der Waals surface area contributed by atoms with E-state index in [-0.39, 0.29) is 0 Å². The second-order valence-corrected chi connectivity index (χ2v) is 4.37. The van der Waals surface area contributed by atoms with Crippen molar-refractivity contribution in [2.24, 2.45) is 0 Å². The van der Waals surface area contributed by atoms with E-state index in [2.05, 4.69) is 16.0 Å². The lowest BCUT2D eigenvalue weighted by Gasteiger charge is -1.95. The first kappa shape index (κ1) is 10.8. The van der Waals surface area contributed by atoms with Gasteiger partial charge in [-0.3, -0.25) is 0 Å². The highest BCUT2D eigenvalue weighted by Crippen LogP contribution is 2.22. The molecule has 1 aromatic heterocycles. The second-order valence-electron chi connectivity index (χ2n) is 3.94. The number of nitrogens with zero attached hydrogens (tertiary/aromatic N) is 2. The zero-order valence-electron chi connectivity index (χ0n) is 9.31. The first-order valence-corrected chi connectivity index (χ1v) is 5.80. The van der Waals surface area contributed by atoms with Crippen molar-refractivity contribution in [1.82, 2.24) is 9.97 Å². The van der Waals surface area contributed by atoms with Crippen molar-refractivity contribution in [2.45, 2.75) is 0 Å². The van der Waals surface area contributed by atoms with E-state index < -0.39 is 0 Å². The van der Waals surface area contributed by atoms with Crippen molar-refractivity contribution in [3.8, 4) is 17.5 Å². The molecule has 0 amide bonds. The molecule has 3 nitrogen and oxygen atoms in total. The molecular formula is C14H8ClN3. The summed E-state index contributed by atoms with van der Waals surface area (Å²) in [4.78, 5) is 7.70. The number of benzene rings is 2. The number of H-pyrrole nitrogens is 1. The van der Waals surface area contributed by atoms with Crippen LogP contribution in [0.5, 0.6) is 0 Å². The van der Waals surface area contributed by atoms with Crippen molar-refractivity contribution < 1.29 is 0 Å². The summed E-state index contributed by atoms with van der Waals surface area (Å²) in [6.07, 6.45) is 0. The third-order valence-electron chi connectivity index (χ3n) is 2.73. The Morgan fingerprint density at radius 3 is 2.61 bits per heavy atom. The van der Waals surface area contributed by atoms with Crippen molar-refractivity contribution >= 4 is 22.6 Å². The van der Waals surface area contributed by atoms with E-state index in [0.717, 1.165) is 22.4 Å². The topological polar surface area (TPSA) is 52.5 Å². The summed E-state index contributed by atoms with van der Waals surface area (Å²) in [6.45, 7) is 0. The standard InChI is InChI=1S/C14H8ClN3/c15-11-5-6-12-13(7-11)18-14(17-12)10-3-1-9(8-16)2-4-10/h1-7H,(H,17,18). The van der Waals surface area contributed by atoms with Gasteiger partial charge in [0.15, 0.2) is 0 Å². The third kappa shape index (κ3) is 1.83. The Morgan fingerprint density at radius 2 is 1.89 bits per heavy atom. The predicted octanol–water partition coefficient (Wildman–Crippen LogP) is 3.75. The molecule has 0 bridgehead atoms. The van der Waals surface area contributed by atoms with E-state index in [1.54, 1.807) is 12.1 Å². The largest absolute Gasteiger partial charge is 0.338 e. The molecule has 0 saturated heterocycles. The number of nitrogens with one attached hydrogen (secondary N) is 1. The fourth-order valence-corrected chi connectivity index (χ4v) is 1.98. The van der Waals surface area contributed by atoms with Gasteiger partial charge in [-0.25, -0.2) is 4.98 Å². The van der Waals surface area contributed by atoms with Crippen LogP contribution in [-0.2, 0) is 0 Å². The van der Waals surface area contributed by atoms with Gasteiger partial charge in [0, 0.05) is 10.6 Å². The maximum absolute atomic E-state index is 8.76.